The van der Waals surface area contributed by atoms with Gasteiger partial charge in [-0.15, -0.1) is 0 Å². The molecule has 0 amide bonds. The summed E-state index contributed by atoms with van der Waals surface area (Å²) in [7, 11) is 0. The number of halogens is 1. The van der Waals surface area contributed by atoms with Gasteiger partial charge in [-0.1, -0.05) is 22.6 Å². The second-order valence-electron chi connectivity index (χ2n) is 2.76. The summed E-state index contributed by atoms with van der Waals surface area (Å²) in [6.07, 6.45) is 0. The van der Waals surface area contributed by atoms with E-state index in [4.69, 9.17) is 5.11 Å². The zero-order valence-electron chi connectivity index (χ0n) is 6.47. The standard InChI is InChI=1S/C6H12INO2S/c1-6(2,11)4(5(9)10)8-3-7/h4,8,11H,3H2,1-2H3,(H,9,10)/t4-/m1/s1. The number of hydrogen-bond donors (Lipinski definition) is 3. The minimum absolute atomic E-state index is 0.531. The van der Waals surface area contributed by atoms with E-state index in [9.17, 15) is 4.79 Å². The molecule has 0 aliphatic carbocycles. The molecule has 11 heavy (non-hydrogen) atoms. The van der Waals surface area contributed by atoms with Crippen LogP contribution in [0.4, 0.5) is 0 Å². The van der Waals surface area contributed by atoms with E-state index in [0.29, 0.717) is 4.55 Å². The lowest BCUT2D eigenvalue weighted by molar-refractivity contribution is -0.139. The van der Waals surface area contributed by atoms with Crippen LogP contribution in [-0.2, 0) is 4.79 Å². The van der Waals surface area contributed by atoms with Gasteiger partial charge in [-0.3, -0.25) is 10.1 Å². The van der Waals surface area contributed by atoms with Gasteiger partial charge in [-0.2, -0.15) is 12.6 Å². The molecule has 2 N–H and O–H groups in total. The van der Waals surface area contributed by atoms with E-state index in [2.05, 4.69) is 40.5 Å². The zero-order chi connectivity index (χ0) is 9.07. The van der Waals surface area contributed by atoms with Gasteiger partial charge in [-0.25, -0.2) is 0 Å². The Labute approximate surface area is 85.5 Å². The van der Waals surface area contributed by atoms with Crippen LogP contribution < -0.4 is 5.32 Å². The highest BCUT2D eigenvalue weighted by Gasteiger charge is 2.31. The monoisotopic (exact) mass is 289 g/mol. The van der Waals surface area contributed by atoms with Gasteiger partial charge in [0.25, 0.3) is 0 Å². The molecule has 0 bridgehead atoms. The van der Waals surface area contributed by atoms with Gasteiger partial charge in [0.2, 0.25) is 0 Å². The molecule has 0 spiro atoms. The number of alkyl halides is 1. The van der Waals surface area contributed by atoms with Crippen LogP contribution in [0.25, 0.3) is 0 Å². The van der Waals surface area contributed by atoms with Crippen molar-refractivity contribution in [2.45, 2.75) is 24.6 Å². The largest absolute Gasteiger partial charge is 0.480 e. The molecule has 66 valence electrons. The fraction of sp³-hybridized carbons (Fsp3) is 0.833. The summed E-state index contributed by atoms with van der Waals surface area (Å²) >= 11 is 6.24. The first kappa shape index (κ1) is 11.5. The molecular formula is C6H12INO2S. The molecule has 0 saturated heterocycles. The molecule has 0 aromatic heterocycles. The van der Waals surface area contributed by atoms with Gasteiger partial charge >= 0.3 is 5.97 Å². The Hall–Kier alpha value is 0.510. The van der Waals surface area contributed by atoms with E-state index < -0.39 is 16.8 Å². The van der Waals surface area contributed by atoms with Gasteiger partial charge in [0.15, 0.2) is 0 Å². The highest BCUT2D eigenvalue weighted by Crippen LogP contribution is 2.17. The summed E-state index contributed by atoms with van der Waals surface area (Å²) in [5.41, 5.74) is 0. The first-order valence-electron chi connectivity index (χ1n) is 3.14. The number of carbonyl (C=O) groups is 1. The maximum atomic E-state index is 10.6. The molecule has 0 radical (unpaired) electrons. The lowest BCUT2D eigenvalue weighted by atomic mass is 10.0. The second kappa shape index (κ2) is 4.51. The summed E-state index contributed by atoms with van der Waals surface area (Å²) in [6, 6.07) is -0.595. The van der Waals surface area contributed by atoms with E-state index in [0.717, 1.165) is 0 Å². The highest BCUT2D eigenvalue weighted by molar-refractivity contribution is 14.1. The molecule has 0 aromatic rings. The van der Waals surface area contributed by atoms with Crippen molar-refractivity contribution in [1.29, 1.82) is 0 Å². The fourth-order valence-corrected chi connectivity index (χ4v) is 1.36. The maximum Gasteiger partial charge on any atom is 0.322 e. The fourth-order valence-electron chi connectivity index (χ4n) is 0.716. The van der Waals surface area contributed by atoms with Crippen LogP contribution in [0.3, 0.4) is 0 Å². The second-order valence-corrected chi connectivity index (χ2v) is 4.68. The molecule has 1 atom stereocenters. The van der Waals surface area contributed by atoms with E-state index in [1.807, 2.05) is 0 Å². The molecule has 0 aliphatic rings. The average molecular weight is 289 g/mol. The number of thiol groups is 1. The van der Waals surface area contributed by atoms with Crippen LogP contribution in [0.2, 0.25) is 0 Å². The molecule has 0 rings (SSSR count). The third-order valence-electron chi connectivity index (χ3n) is 1.23. The molecule has 0 fully saturated rings. The minimum Gasteiger partial charge on any atom is -0.480 e. The molecule has 5 heteroatoms. The Morgan fingerprint density at radius 2 is 2.27 bits per heavy atom. The van der Waals surface area contributed by atoms with Crippen molar-refractivity contribution in [3.8, 4) is 0 Å². The van der Waals surface area contributed by atoms with Gasteiger partial charge in [0.1, 0.15) is 6.04 Å². The van der Waals surface area contributed by atoms with Crippen molar-refractivity contribution >= 4 is 41.2 Å². The number of nitrogens with one attached hydrogen (secondary N) is 1. The van der Waals surface area contributed by atoms with E-state index in [1.54, 1.807) is 13.8 Å². The normalized spacial score (nSPS) is 14.5. The first-order valence-corrected chi connectivity index (χ1v) is 5.11. The third-order valence-corrected chi connectivity index (χ3v) is 1.93. The average Bonchev–Trinajstić information content (AvgIpc) is 1.79. The van der Waals surface area contributed by atoms with E-state index >= 15 is 0 Å². The minimum atomic E-state index is -0.860. The van der Waals surface area contributed by atoms with Crippen molar-refractivity contribution in [2.24, 2.45) is 0 Å². The third kappa shape index (κ3) is 4.17. The highest BCUT2D eigenvalue weighted by atomic mass is 127. The molecular weight excluding hydrogens is 277 g/mol. The Morgan fingerprint density at radius 3 is 2.36 bits per heavy atom. The van der Waals surface area contributed by atoms with Crippen LogP contribution in [0, 0.1) is 0 Å². The predicted octanol–water partition coefficient (Wildman–Crippen LogP) is 1.13. The molecule has 0 aromatic carbocycles. The van der Waals surface area contributed by atoms with Gasteiger partial charge < -0.3 is 5.11 Å². The Bertz CT molecular complexity index is 146. The maximum absolute atomic E-state index is 10.6. The Kier molecular flexibility index (Phi) is 4.72. The van der Waals surface area contributed by atoms with Crippen molar-refractivity contribution < 1.29 is 9.90 Å². The van der Waals surface area contributed by atoms with Crippen LogP contribution >= 0.6 is 35.2 Å². The van der Waals surface area contributed by atoms with Gasteiger partial charge in [0, 0.05) is 9.30 Å². The molecule has 0 unspecified atom stereocenters. The smallest absolute Gasteiger partial charge is 0.322 e. The number of carboxylic acid groups (broad SMARTS) is 1. The SMILES string of the molecule is CC(C)(S)[C@H](NCI)C(=O)O. The quantitative estimate of drug-likeness (QED) is 0.315. The molecule has 0 aliphatic heterocycles. The summed E-state index contributed by atoms with van der Waals surface area (Å²) < 4.78 is 0.0791. The van der Waals surface area contributed by atoms with Crippen molar-refractivity contribution in [1.82, 2.24) is 5.32 Å². The predicted molar refractivity (Wildman–Crippen MR) is 56.5 cm³/mol. The van der Waals surface area contributed by atoms with Crippen LogP contribution in [-0.4, -0.2) is 26.4 Å². The number of carboxylic acids is 1. The zero-order valence-corrected chi connectivity index (χ0v) is 9.52. The summed E-state index contributed by atoms with van der Waals surface area (Å²) in [5, 5.41) is 11.6. The van der Waals surface area contributed by atoms with Crippen LogP contribution in [0.15, 0.2) is 0 Å². The lowest BCUT2D eigenvalue weighted by Crippen LogP contribution is -2.48. The van der Waals surface area contributed by atoms with E-state index in [1.165, 1.54) is 0 Å². The molecule has 3 nitrogen and oxygen atoms in total. The first-order chi connectivity index (χ1) is 4.89. The molecule has 0 heterocycles. The Balaban J connectivity index is 4.22. The van der Waals surface area contributed by atoms with Crippen molar-refractivity contribution in [3.63, 3.8) is 0 Å². The van der Waals surface area contributed by atoms with E-state index in [-0.39, 0.29) is 0 Å². The van der Waals surface area contributed by atoms with Gasteiger partial charge in [0.05, 0.1) is 0 Å². The summed E-state index contributed by atoms with van der Waals surface area (Å²) in [6.45, 7) is 3.54. The molecule has 0 saturated carbocycles. The number of rotatable bonds is 4. The number of hydrogen-bond acceptors (Lipinski definition) is 3. The topological polar surface area (TPSA) is 49.3 Å². The van der Waals surface area contributed by atoms with Crippen molar-refractivity contribution in [3.05, 3.63) is 0 Å². The van der Waals surface area contributed by atoms with Gasteiger partial charge in [-0.05, 0) is 13.8 Å². The number of aliphatic carboxylic acids is 1. The van der Waals surface area contributed by atoms with Crippen LogP contribution in [0.5, 0.6) is 0 Å². The summed E-state index contributed by atoms with van der Waals surface area (Å²) in [5.74, 6) is -0.860. The summed E-state index contributed by atoms with van der Waals surface area (Å²) in [4.78, 5) is 10.6. The van der Waals surface area contributed by atoms with Crippen molar-refractivity contribution in [2.75, 3.05) is 4.55 Å². The Morgan fingerprint density at radius 1 is 1.82 bits per heavy atom. The van der Waals surface area contributed by atoms with Crippen LogP contribution in [0.1, 0.15) is 13.8 Å². The lowest BCUT2D eigenvalue weighted by Gasteiger charge is -2.25.